The van der Waals surface area contributed by atoms with E-state index in [1.54, 1.807) is 6.07 Å². The summed E-state index contributed by atoms with van der Waals surface area (Å²) in [5.41, 5.74) is 1.91. The summed E-state index contributed by atoms with van der Waals surface area (Å²) in [6.07, 6.45) is 1.90. The van der Waals surface area contributed by atoms with Crippen LogP contribution in [-0.2, 0) is 16.1 Å². The fraction of sp³-hybridized carbons (Fsp3) is 0.500. The van der Waals surface area contributed by atoms with Gasteiger partial charge in [-0.1, -0.05) is 12.1 Å². The van der Waals surface area contributed by atoms with Gasteiger partial charge in [0.1, 0.15) is 6.10 Å². The van der Waals surface area contributed by atoms with E-state index in [4.69, 9.17) is 4.84 Å². The van der Waals surface area contributed by atoms with Crippen LogP contribution in [0.1, 0.15) is 41.9 Å². The Labute approximate surface area is 122 Å². The molecule has 0 spiro atoms. The van der Waals surface area contributed by atoms with Crippen molar-refractivity contribution in [2.45, 2.75) is 39.2 Å². The van der Waals surface area contributed by atoms with Gasteiger partial charge in [0, 0.05) is 6.42 Å². The highest BCUT2D eigenvalue weighted by molar-refractivity contribution is 7.12. The molecular formula is C14H18N2O3S. The molecule has 0 aliphatic carbocycles. The summed E-state index contributed by atoms with van der Waals surface area (Å²) >= 11 is 1.37. The highest BCUT2D eigenvalue weighted by Crippen LogP contribution is 2.16. The summed E-state index contributed by atoms with van der Waals surface area (Å²) in [6, 6.07) is 1.77. The molecule has 108 valence electrons. The Hall–Kier alpha value is -1.69. The predicted molar refractivity (Wildman–Crippen MR) is 78.3 cm³/mol. The summed E-state index contributed by atoms with van der Waals surface area (Å²) in [5, 5.41) is 8.64. The highest BCUT2D eigenvalue weighted by atomic mass is 32.1. The van der Waals surface area contributed by atoms with Gasteiger partial charge in [0.25, 0.3) is 0 Å². The van der Waals surface area contributed by atoms with Gasteiger partial charge < -0.3 is 10.2 Å². The van der Waals surface area contributed by atoms with Gasteiger partial charge in [0.05, 0.1) is 23.6 Å². The molecule has 20 heavy (non-hydrogen) atoms. The minimum absolute atomic E-state index is 0.0326. The predicted octanol–water partition coefficient (Wildman–Crippen LogP) is 2.16. The fourth-order valence-corrected chi connectivity index (χ4v) is 2.75. The zero-order valence-electron chi connectivity index (χ0n) is 11.6. The third-order valence-electron chi connectivity index (χ3n) is 3.09. The van der Waals surface area contributed by atoms with Gasteiger partial charge in [-0.15, -0.1) is 11.3 Å². The van der Waals surface area contributed by atoms with Crippen LogP contribution in [0.3, 0.4) is 0 Å². The molecule has 1 aliphatic rings. The number of hydrogen-bond acceptors (Lipinski definition) is 5. The molecule has 0 radical (unpaired) electrons. The lowest BCUT2D eigenvalue weighted by molar-refractivity contribution is -0.121. The highest BCUT2D eigenvalue weighted by Gasteiger charge is 2.20. The summed E-state index contributed by atoms with van der Waals surface area (Å²) in [7, 11) is 0. The maximum absolute atomic E-state index is 11.8. The molecule has 0 fully saturated rings. The molecule has 1 aromatic heterocycles. The van der Waals surface area contributed by atoms with Crippen molar-refractivity contribution in [2.75, 3.05) is 6.54 Å². The standard InChI is InChI=1S/C14H18N2O3S/c1-3-11-6-12(19-16-11)7-15-14(18)5-10-4-13(9(2)17)20-8-10/h4,8,12H,3,5-7H2,1-2H3,(H,15,18)/t12-/m1/s1. The topological polar surface area (TPSA) is 67.8 Å². The van der Waals surface area contributed by atoms with Gasteiger partial charge in [-0.25, -0.2) is 0 Å². The smallest absolute Gasteiger partial charge is 0.224 e. The minimum Gasteiger partial charge on any atom is -0.390 e. The van der Waals surface area contributed by atoms with Crippen LogP contribution in [0.5, 0.6) is 0 Å². The molecule has 0 bridgehead atoms. The lowest BCUT2D eigenvalue weighted by atomic mass is 10.1. The number of amides is 1. The van der Waals surface area contributed by atoms with E-state index >= 15 is 0 Å². The van der Waals surface area contributed by atoms with Gasteiger partial charge in [-0.05, 0) is 30.4 Å². The molecule has 2 rings (SSSR count). The first-order valence-corrected chi connectivity index (χ1v) is 7.53. The van der Waals surface area contributed by atoms with Crippen LogP contribution >= 0.6 is 11.3 Å². The van der Waals surface area contributed by atoms with E-state index in [2.05, 4.69) is 10.5 Å². The van der Waals surface area contributed by atoms with Crippen molar-refractivity contribution < 1.29 is 14.4 Å². The van der Waals surface area contributed by atoms with Crippen molar-refractivity contribution in [3.63, 3.8) is 0 Å². The number of rotatable bonds is 6. The van der Waals surface area contributed by atoms with Crippen LogP contribution in [0, 0.1) is 0 Å². The van der Waals surface area contributed by atoms with Crippen molar-refractivity contribution in [3.8, 4) is 0 Å². The molecule has 1 amide bonds. The Morgan fingerprint density at radius 1 is 1.55 bits per heavy atom. The SMILES string of the molecule is CCC1=NO[C@@H](CNC(=O)Cc2csc(C(C)=O)c2)C1. The fourth-order valence-electron chi connectivity index (χ4n) is 1.93. The van der Waals surface area contributed by atoms with Crippen molar-refractivity contribution in [2.24, 2.45) is 5.16 Å². The maximum Gasteiger partial charge on any atom is 0.224 e. The zero-order valence-corrected chi connectivity index (χ0v) is 12.5. The third kappa shape index (κ3) is 3.90. The maximum atomic E-state index is 11.8. The third-order valence-corrected chi connectivity index (χ3v) is 4.17. The van der Waals surface area contributed by atoms with Crippen LogP contribution < -0.4 is 5.32 Å². The van der Waals surface area contributed by atoms with Gasteiger partial charge >= 0.3 is 0 Å². The van der Waals surface area contributed by atoms with E-state index in [9.17, 15) is 9.59 Å². The Kier molecular flexibility index (Phi) is 4.89. The average Bonchev–Trinajstić information content (AvgIpc) is 3.04. The van der Waals surface area contributed by atoms with Crippen LogP contribution in [0.4, 0.5) is 0 Å². The Morgan fingerprint density at radius 3 is 2.95 bits per heavy atom. The summed E-state index contributed by atoms with van der Waals surface area (Å²) in [5.74, 6) is -0.0308. The molecule has 1 aromatic rings. The van der Waals surface area contributed by atoms with Gasteiger partial charge in [-0.2, -0.15) is 0 Å². The van der Waals surface area contributed by atoms with Gasteiger partial charge in [0.2, 0.25) is 5.91 Å². The Morgan fingerprint density at radius 2 is 2.35 bits per heavy atom. The first-order chi connectivity index (χ1) is 9.58. The second-order valence-electron chi connectivity index (χ2n) is 4.80. The molecule has 0 saturated heterocycles. The molecule has 2 heterocycles. The molecule has 0 aromatic carbocycles. The molecule has 0 unspecified atom stereocenters. The number of carbonyl (C=O) groups excluding carboxylic acids is 2. The molecule has 0 saturated carbocycles. The lowest BCUT2D eigenvalue weighted by Crippen LogP contribution is -2.33. The second-order valence-corrected chi connectivity index (χ2v) is 5.71. The molecule has 5 nitrogen and oxygen atoms in total. The Balaban J connectivity index is 1.74. The lowest BCUT2D eigenvalue weighted by Gasteiger charge is -2.09. The Bertz CT molecular complexity index is 536. The first-order valence-electron chi connectivity index (χ1n) is 6.65. The largest absolute Gasteiger partial charge is 0.390 e. The van der Waals surface area contributed by atoms with Crippen molar-refractivity contribution in [1.82, 2.24) is 5.32 Å². The normalized spacial score (nSPS) is 17.5. The minimum atomic E-state index is -0.0635. The van der Waals surface area contributed by atoms with E-state index in [-0.39, 0.29) is 24.2 Å². The van der Waals surface area contributed by atoms with Crippen molar-refractivity contribution in [3.05, 3.63) is 21.9 Å². The van der Waals surface area contributed by atoms with Crippen molar-refractivity contribution in [1.29, 1.82) is 0 Å². The van der Waals surface area contributed by atoms with Crippen LogP contribution in [-0.4, -0.2) is 30.1 Å². The number of nitrogens with zero attached hydrogens (tertiary/aromatic N) is 1. The number of oxime groups is 1. The number of carbonyl (C=O) groups is 2. The summed E-state index contributed by atoms with van der Waals surface area (Å²) in [4.78, 5) is 28.9. The number of nitrogens with one attached hydrogen (secondary N) is 1. The number of ketones is 1. The van der Waals surface area contributed by atoms with E-state index in [0.29, 0.717) is 11.4 Å². The summed E-state index contributed by atoms with van der Waals surface area (Å²) < 4.78 is 0. The molecule has 1 atom stereocenters. The zero-order chi connectivity index (χ0) is 14.5. The van der Waals surface area contributed by atoms with Crippen LogP contribution in [0.2, 0.25) is 0 Å². The first kappa shape index (κ1) is 14.7. The van der Waals surface area contributed by atoms with E-state index < -0.39 is 0 Å². The average molecular weight is 294 g/mol. The van der Waals surface area contributed by atoms with Gasteiger partial charge in [-0.3, -0.25) is 9.59 Å². The molecule has 1 N–H and O–H groups in total. The monoisotopic (exact) mass is 294 g/mol. The van der Waals surface area contributed by atoms with Crippen LogP contribution in [0.15, 0.2) is 16.6 Å². The van der Waals surface area contributed by atoms with Crippen molar-refractivity contribution >= 4 is 28.7 Å². The second kappa shape index (κ2) is 6.65. The van der Waals surface area contributed by atoms with Crippen LogP contribution in [0.25, 0.3) is 0 Å². The summed E-state index contributed by atoms with van der Waals surface area (Å²) in [6.45, 7) is 4.03. The quantitative estimate of drug-likeness (QED) is 0.818. The van der Waals surface area contributed by atoms with Gasteiger partial charge in [0.15, 0.2) is 5.78 Å². The number of hydrogen-bond donors (Lipinski definition) is 1. The molecular weight excluding hydrogens is 276 g/mol. The number of Topliss-reactive ketones (excluding diaryl/α,β-unsaturated/α-hetero) is 1. The van der Waals surface area contributed by atoms with E-state index in [1.165, 1.54) is 18.3 Å². The number of thiophene rings is 1. The molecule has 6 heteroatoms. The van der Waals surface area contributed by atoms with E-state index in [0.717, 1.165) is 24.1 Å². The van der Waals surface area contributed by atoms with E-state index in [1.807, 2.05) is 12.3 Å². The molecule has 1 aliphatic heterocycles.